The molecule has 2 aliphatic rings. The number of para-hydroxylation sites is 1. The molecule has 10 heteroatoms. The number of hydrogen-bond donors (Lipinski definition) is 2. The molecule has 2 saturated heterocycles. The van der Waals surface area contributed by atoms with Crippen molar-refractivity contribution in [2.45, 2.75) is 31.5 Å². The Hall–Kier alpha value is -3.50. The molecule has 4 heterocycles. The molecule has 0 aliphatic carbocycles. The number of hydrogen-bond acceptors (Lipinski definition) is 7. The lowest BCUT2D eigenvalue weighted by Gasteiger charge is -2.26. The number of nitrogens with one attached hydrogen (secondary N) is 1. The van der Waals surface area contributed by atoms with Gasteiger partial charge in [0.05, 0.1) is 5.69 Å². The van der Waals surface area contributed by atoms with Crippen molar-refractivity contribution in [1.29, 1.82) is 0 Å². The largest absolute Gasteiger partial charge is 0.351 e. The number of rotatable bonds is 5. The van der Waals surface area contributed by atoms with Gasteiger partial charge < -0.3 is 16.0 Å². The van der Waals surface area contributed by atoms with Crippen molar-refractivity contribution in [2.24, 2.45) is 11.7 Å². The summed E-state index contributed by atoms with van der Waals surface area (Å²) in [5.74, 6) is -0.460. The smallest absolute Gasteiger partial charge is 0.255 e. The van der Waals surface area contributed by atoms with Gasteiger partial charge in [0, 0.05) is 50.7 Å². The number of aromatic nitrogens is 3. The maximum absolute atomic E-state index is 13.3. The molecule has 3 aromatic rings. The molecule has 4 atom stereocenters. The van der Waals surface area contributed by atoms with Gasteiger partial charge in [0.25, 0.3) is 5.91 Å². The van der Waals surface area contributed by atoms with Crippen LogP contribution in [0, 0.1) is 5.92 Å². The van der Waals surface area contributed by atoms with Crippen LogP contribution in [0.4, 0.5) is 11.5 Å². The zero-order valence-corrected chi connectivity index (χ0v) is 18.7. The average molecular weight is 449 g/mol. The van der Waals surface area contributed by atoms with Gasteiger partial charge in [-0.3, -0.25) is 9.59 Å². The SMILES string of the molecule is CC1C(C(=O)N[C@H]2C[C@H](CN)N(c3ccc4nccn4n3)C2)C(=O)N(c2ccccc2)N1C. The van der Waals surface area contributed by atoms with Crippen molar-refractivity contribution in [3.05, 3.63) is 54.9 Å². The molecule has 0 bridgehead atoms. The van der Waals surface area contributed by atoms with Gasteiger partial charge in [-0.15, -0.1) is 5.10 Å². The Kier molecular flexibility index (Phi) is 5.47. The number of nitrogens with zero attached hydrogens (tertiary/aromatic N) is 6. The molecular formula is C23H28N8O2. The molecule has 2 unspecified atom stereocenters. The fraction of sp³-hybridized carbons (Fsp3) is 0.391. The van der Waals surface area contributed by atoms with Crippen LogP contribution < -0.4 is 21.0 Å². The Morgan fingerprint density at radius 3 is 2.76 bits per heavy atom. The summed E-state index contributed by atoms with van der Waals surface area (Å²) in [6, 6.07) is 12.9. The number of benzene rings is 1. The van der Waals surface area contributed by atoms with E-state index in [4.69, 9.17) is 5.73 Å². The van der Waals surface area contributed by atoms with Crippen LogP contribution in [-0.4, -0.2) is 69.7 Å². The van der Waals surface area contributed by atoms with Crippen molar-refractivity contribution >= 4 is 29.0 Å². The van der Waals surface area contributed by atoms with Gasteiger partial charge in [0.1, 0.15) is 11.7 Å². The molecule has 0 saturated carbocycles. The quantitative estimate of drug-likeness (QED) is 0.551. The van der Waals surface area contributed by atoms with Gasteiger partial charge in [0.2, 0.25) is 5.91 Å². The monoisotopic (exact) mass is 448 g/mol. The van der Waals surface area contributed by atoms with Gasteiger partial charge in [0.15, 0.2) is 5.65 Å². The Balaban J connectivity index is 1.31. The molecule has 5 rings (SSSR count). The summed E-state index contributed by atoms with van der Waals surface area (Å²) in [4.78, 5) is 32.8. The molecular weight excluding hydrogens is 420 g/mol. The zero-order chi connectivity index (χ0) is 23.1. The third-order valence-corrected chi connectivity index (χ3v) is 6.71. The maximum atomic E-state index is 13.3. The van der Waals surface area contributed by atoms with E-state index >= 15 is 0 Å². The van der Waals surface area contributed by atoms with E-state index < -0.39 is 5.92 Å². The molecule has 2 fully saturated rings. The van der Waals surface area contributed by atoms with Gasteiger partial charge >= 0.3 is 0 Å². The molecule has 2 amide bonds. The lowest BCUT2D eigenvalue weighted by atomic mass is 10.0. The molecule has 1 aromatic carbocycles. The second-order valence-electron chi connectivity index (χ2n) is 8.68. The number of hydrazine groups is 1. The summed E-state index contributed by atoms with van der Waals surface area (Å²) in [6.07, 6.45) is 4.20. The topological polar surface area (TPSA) is 112 Å². The van der Waals surface area contributed by atoms with Crippen LogP contribution >= 0.6 is 0 Å². The van der Waals surface area contributed by atoms with E-state index in [9.17, 15) is 9.59 Å². The third kappa shape index (κ3) is 3.70. The normalized spacial score (nSPS) is 25.8. The lowest BCUT2D eigenvalue weighted by Crippen LogP contribution is -2.45. The standard InChI is InChI=1S/C23H28N8O2/c1-15-21(23(33)31(28(15)2)17-6-4-3-5-7-17)22(32)26-16-12-18(13-24)29(14-16)20-9-8-19-25-10-11-30(19)27-20/h3-11,15-16,18,21H,12-14,24H2,1-2H3,(H,26,32)/t15?,16-,18+,21?/m0/s1. The minimum atomic E-state index is -0.777. The van der Waals surface area contributed by atoms with Crippen molar-refractivity contribution in [2.75, 3.05) is 30.0 Å². The van der Waals surface area contributed by atoms with E-state index in [1.54, 1.807) is 21.9 Å². The average Bonchev–Trinajstić information content (AvgIpc) is 3.50. The summed E-state index contributed by atoms with van der Waals surface area (Å²) in [5.41, 5.74) is 7.57. The van der Waals surface area contributed by atoms with Gasteiger partial charge in [-0.2, -0.15) is 0 Å². The van der Waals surface area contributed by atoms with Crippen LogP contribution in [-0.2, 0) is 9.59 Å². The number of carbonyl (C=O) groups is 2. The Morgan fingerprint density at radius 2 is 2.00 bits per heavy atom. The Morgan fingerprint density at radius 1 is 1.21 bits per heavy atom. The number of nitrogens with two attached hydrogens (primary N) is 1. The van der Waals surface area contributed by atoms with Crippen LogP contribution in [0.25, 0.3) is 5.65 Å². The van der Waals surface area contributed by atoms with Crippen molar-refractivity contribution in [3.63, 3.8) is 0 Å². The van der Waals surface area contributed by atoms with E-state index in [-0.39, 0.29) is 29.9 Å². The summed E-state index contributed by atoms with van der Waals surface area (Å²) < 4.78 is 1.72. The van der Waals surface area contributed by atoms with Crippen molar-refractivity contribution in [1.82, 2.24) is 24.9 Å². The summed E-state index contributed by atoms with van der Waals surface area (Å²) >= 11 is 0. The fourth-order valence-corrected chi connectivity index (χ4v) is 4.88. The highest BCUT2D eigenvalue weighted by molar-refractivity contribution is 6.09. The summed E-state index contributed by atoms with van der Waals surface area (Å²) in [5, 5.41) is 11.2. The van der Waals surface area contributed by atoms with Crippen LogP contribution in [0.5, 0.6) is 0 Å². The lowest BCUT2D eigenvalue weighted by molar-refractivity contribution is -0.132. The van der Waals surface area contributed by atoms with Crippen LogP contribution in [0.2, 0.25) is 0 Å². The van der Waals surface area contributed by atoms with E-state index in [0.29, 0.717) is 19.5 Å². The van der Waals surface area contributed by atoms with Crippen LogP contribution in [0.3, 0.4) is 0 Å². The van der Waals surface area contributed by atoms with Crippen LogP contribution in [0.1, 0.15) is 13.3 Å². The van der Waals surface area contributed by atoms with Gasteiger partial charge in [-0.05, 0) is 37.6 Å². The first-order valence-corrected chi connectivity index (χ1v) is 11.2. The van der Waals surface area contributed by atoms with Gasteiger partial charge in [-0.25, -0.2) is 19.5 Å². The molecule has 10 nitrogen and oxygen atoms in total. The summed E-state index contributed by atoms with van der Waals surface area (Å²) in [7, 11) is 1.84. The molecule has 0 radical (unpaired) electrons. The number of fused-ring (bicyclic) bond motifs is 1. The number of anilines is 2. The molecule has 172 valence electrons. The molecule has 0 spiro atoms. The second-order valence-corrected chi connectivity index (χ2v) is 8.68. The second kappa shape index (κ2) is 8.45. The molecule has 33 heavy (non-hydrogen) atoms. The number of carbonyl (C=O) groups excluding carboxylic acids is 2. The minimum Gasteiger partial charge on any atom is -0.351 e. The minimum absolute atomic E-state index is 0.0453. The highest BCUT2D eigenvalue weighted by Gasteiger charge is 2.48. The van der Waals surface area contributed by atoms with E-state index in [2.05, 4.69) is 20.3 Å². The fourth-order valence-electron chi connectivity index (χ4n) is 4.88. The van der Waals surface area contributed by atoms with Crippen molar-refractivity contribution in [3.8, 4) is 0 Å². The van der Waals surface area contributed by atoms with Gasteiger partial charge in [-0.1, -0.05) is 18.2 Å². The number of amides is 2. The van der Waals surface area contributed by atoms with Crippen molar-refractivity contribution < 1.29 is 9.59 Å². The highest BCUT2D eigenvalue weighted by Crippen LogP contribution is 2.30. The predicted octanol–water partition coefficient (Wildman–Crippen LogP) is 0.650. The summed E-state index contributed by atoms with van der Waals surface area (Å²) in [6.45, 7) is 2.92. The Bertz CT molecular complexity index is 1170. The first-order chi connectivity index (χ1) is 16.0. The predicted molar refractivity (Wildman–Crippen MR) is 124 cm³/mol. The first kappa shape index (κ1) is 21.4. The molecule has 2 aliphatic heterocycles. The van der Waals surface area contributed by atoms with Crippen LogP contribution in [0.15, 0.2) is 54.9 Å². The Labute approximate surface area is 191 Å². The third-order valence-electron chi connectivity index (χ3n) is 6.71. The zero-order valence-electron chi connectivity index (χ0n) is 18.7. The molecule has 2 aromatic heterocycles. The van der Waals surface area contributed by atoms with E-state index in [0.717, 1.165) is 17.2 Å². The number of imidazole rings is 1. The first-order valence-electron chi connectivity index (χ1n) is 11.2. The molecule has 3 N–H and O–H groups in total. The van der Waals surface area contributed by atoms with E-state index in [1.165, 1.54) is 0 Å². The van der Waals surface area contributed by atoms with E-state index in [1.807, 2.05) is 61.4 Å². The maximum Gasteiger partial charge on any atom is 0.255 e. The highest BCUT2D eigenvalue weighted by atomic mass is 16.2.